The number of benzene rings is 1. The van der Waals surface area contributed by atoms with Crippen molar-refractivity contribution < 1.29 is 0 Å². The first kappa shape index (κ1) is 11.5. The monoisotopic (exact) mass is 253 g/mol. The Hall–Kier alpha value is -0.600. The number of likely N-dealkylation sites (N-methyl/N-ethyl adjacent to an activating group) is 1. The van der Waals surface area contributed by atoms with Crippen molar-refractivity contribution in [3.8, 4) is 0 Å². The van der Waals surface area contributed by atoms with Gasteiger partial charge in [0, 0.05) is 10.5 Å². The molecule has 1 aromatic carbocycles. The fourth-order valence-corrected chi connectivity index (χ4v) is 1.37. The van der Waals surface area contributed by atoms with Gasteiger partial charge in [0.1, 0.15) is 0 Å². The summed E-state index contributed by atoms with van der Waals surface area (Å²) in [6.07, 6.45) is 4.29. The molecule has 0 aliphatic heterocycles. The molecule has 1 atom stereocenters. The van der Waals surface area contributed by atoms with Crippen LogP contribution in [0.5, 0.6) is 0 Å². The molecule has 0 aliphatic carbocycles. The summed E-state index contributed by atoms with van der Waals surface area (Å²) in [4.78, 5) is 0. The average Bonchev–Trinajstić information content (AvgIpc) is 2.19. The van der Waals surface area contributed by atoms with Gasteiger partial charge in [0.15, 0.2) is 0 Å². The van der Waals surface area contributed by atoms with E-state index in [2.05, 4.69) is 65.4 Å². The first-order valence-corrected chi connectivity index (χ1v) is 5.54. The topological polar surface area (TPSA) is 12.0 Å². The molecule has 0 heterocycles. The largest absolute Gasteiger partial charge is 0.314 e. The summed E-state index contributed by atoms with van der Waals surface area (Å²) >= 11 is 3.49. The zero-order valence-electron chi connectivity index (χ0n) is 8.84. The molecule has 2 heteroatoms. The fourth-order valence-electron chi connectivity index (χ4n) is 1.12. The molecule has 0 aromatic heterocycles. The molecule has 1 unspecified atom stereocenters. The van der Waals surface area contributed by atoms with Gasteiger partial charge in [-0.15, -0.1) is 0 Å². The van der Waals surface area contributed by atoms with Gasteiger partial charge in [0.25, 0.3) is 0 Å². The number of hydrogen-bond donors (Lipinski definition) is 1. The summed E-state index contributed by atoms with van der Waals surface area (Å²) in [6, 6.07) is 6.77. The first-order chi connectivity index (χ1) is 6.63. The summed E-state index contributed by atoms with van der Waals surface area (Å²) in [5.41, 5.74) is 2.51. The minimum atomic E-state index is 0.416. The van der Waals surface area contributed by atoms with E-state index in [1.807, 2.05) is 7.05 Å². The lowest BCUT2D eigenvalue weighted by Crippen LogP contribution is -2.17. The van der Waals surface area contributed by atoms with Crippen LogP contribution in [0.15, 0.2) is 28.7 Å². The lowest BCUT2D eigenvalue weighted by atomic mass is 10.1. The van der Waals surface area contributed by atoms with Crippen molar-refractivity contribution in [2.45, 2.75) is 19.9 Å². The van der Waals surface area contributed by atoms with Crippen LogP contribution in [-0.2, 0) is 0 Å². The summed E-state index contributed by atoms with van der Waals surface area (Å²) in [5.74, 6) is 0. The Bertz CT molecular complexity index is 331. The van der Waals surface area contributed by atoms with E-state index in [9.17, 15) is 0 Å². The normalized spacial score (nSPS) is 13.4. The third-order valence-corrected chi connectivity index (χ3v) is 3.10. The molecule has 1 rings (SSSR count). The van der Waals surface area contributed by atoms with E-state index in [4.69, 9.17) is 0 Å². The standard InChI is InChI=1S/C12H16BrN/c1-9-8-11(6-7-12(9)13)5-4-10(2)14-3/h4-8,10,14H,1-3H3/b5-4+. The molecule has 0 saturated carbocycles. The average molecular weight is 254 g/mol. The second-order valence-corrected chi connectivity index (χ2v) is 4.30. The van der Waals surface area contributed by atoms with Crippen LogP contribution >= 0.6 is 15.9 Å². The molecule has 0 spiro atoms. The highest BCUT2D eigenvalue weighted by Crippen LogP contribution is 2.17. The summed E-state index contributed by atoms with van der Waals surface area (Å²) in [6.45, 7) is 4.23. The van der Waals surface area contributed by atoms with Crippen molar-refractivity contribution in [3.63, 3.8) is 0 Å². The van der Waals surface area contributed by atoms with Crippen molar-refractivity contribution in [1.82, 2.24) is 5.32 Å². The fraction of sp³-hybridized carbons (Fsp3) is 0.333. The van der Waals surface area contributed by atoms with Gasteiger partial charge in [-0.2, -0.15) is 0 Å². The number of rotatable bonds is 3. The molecule has 0 amide bonds. The van der Waals surface area contributed by atoms with Crippen LogP contribution in [0.25, 0.3) is 6.08 Å². The van der Waals surface area contributed by atoms with Crippen LogP contribution in [0.2, 0.25) is 0 Å². The van der Waals surface area contributed by atoms with Gasteiger partial charge in [-0.1, -0.05) is 40.2 Å². The van der Waals surface area contributed by atoms with Crippen molar-refractivity contribution in [1.29, 1.82) is 0 Å². The number of hydrogen-bond acceptors (Lipinski definition) is 1. The van der Waals surface area contributed by atoms with E-state index >= 15 is 0 Å². The third-order valence-electron chi connectivity index (χ3n) is 2.21. The van der Waals surface area contributed by atoms with Crippen molar-refractivity contribution in [3.05, 3.63) is 39.9 Å². The van der Waals surface area contributed by atoms with E-state index in [-0.39, 0.29) is 0 Å². The minimum Gasteiger partial charge on any atom is -0.314 e. The summed E-state index contributed by atoms with van der Waals surface area (Å²) < 4.78 is 1.16. The predicted octanol–water partition coefficient (Wildman–Crippen LogP) is 3.38. The van der Waals surface area contributed by atoms with Crippen LogP contribution in [0.3, 0.4) is 0 Å². The van der Waals surface area contributed by atoms with Crippen LogP contribution < -0.4 is 5.32 Å². The minimum absolute atomic E-state index is 0.416. The molecule has 0 bridgehead atoms. The van der Waals surface area contributed by atoms with Gasteiger partial charge in [-0.05, 0) is 38.1 Å². The number of aryl methyl sites for hydroxylation is 1. The maximum Gasteiger partial charge on any atom is 0.0221 e. The van der Waals surface area contributed by atoms with E-state index in [0.29, 0.717) is 6.04 Å². The molecule has 1 aromatic rings. The van der Waals surface area contributed by atoms with Gasteiger partial charge in [-0.25, -0.2) is 0 Å². The lowest BCUT2D eigenvalue weighted by molar-refractivity contribution is 0.731. The van der Waals surface area contributed by atoms with Gasteiger partial charge >= 0.3 is 0 Å². The Balaban J connectivity index is 2.77. The van der Waals surface area contributed by atoms with Gasteiger partial charge in [-0.3, -0.25) is 0 Å². The Kier molecular flexibility index (Phi) is 4.36. The van der Waals surface area contributed by atoms with Gasteiger partial charge < -0.3 is 5.32 Å². The van der Waals surface area contributed by atoms with Crippen molar-refractivity contribution in [2.24, 2.45) is 0 Å². The maximum atomic E-state index is 3.49. The van der Waals surface area contributed by atoms with Crippen LogP contribution in [0.4, 0.5) is 0 Å². The van der Waals surface area contributed by atoms with Gasteiger partial charge in [0.2, 0.25) is 0 Å². The molecule has 0 aliphatic rings. The van der Waals surface area contributed by atoms with Gasteiger partial charge in [0.05, 0.1) is 0 Å². The quantitative estimate of drug-likeness (QED) is 0.871. The zero-order valence-corrected chi connectivity index (χ0v) is 10.4. The molecule has 1 nitrogen and oxygen atoms in total. The van der Waals surface area contributed by atoms with E-state index in [1.54, 1.807) is 0 Å². The highest BCUT2D eigenvalue weighted by Gasteiger charge is 1.95. The molecular weight excluding hydrogens is 238 g/mol. The Morgan fingerprint density at radius 3 is 2.71 bits per heavy atom. The zero-order chi connectivity index (χ0) is 10.6. The van der Waals surface area contributed by atoms with Crippen molar-refractivity contribution >= 4 is 22.0 Å². The molecule has 0 radical (unpaired) electrons. The smallest absolute Gasteiger partial charge is 0.0221 e. The molecule has 14 heavy (non-hydrogen) atoms. The molecule has 76 valence electrons. The summed E-state index contributed by atoms with van der Waals surface area (Å²) in [5, 5.41) is 3.17. The predicted molar refractivity (Wildman–Crippen MR) is 66.4 cm³/mol. The number of halogens is 1. The molecule has 0 fully saturated rings. The molecular formula is C12H16BrN. The Morgan fingerprint density at radius 2 is 2.14 bits per heavy atom. The second-order valence-electron chi connectivity index (χ2n) is 3.45. The first-order valence-electron chi connectivity index (χ1n) is 4.75. The molecule has 0 saturated heterocycles. The SMILES string of the molecule is CNC(C)/C=C/c1ccc(Br)c(C)c1. The van der Waals surface area contributed by atoms with Crippen LogP contribution in [0.1, 0.15) is 18.1 Å². The Labute approximate surface area is 94.3 Å². The highest BCUT2D eigenvalue weighted by atomic mass is 79.9. The number of nitrogens with one attached hydrogen (secondary N) is 1. The highest BCUT2D eigenvalue weighted by molar-refractivity contribution is 9.10. The van der Waals surface area contributed by atoms with E-state index in [1.165, 1.54) is 11.1 Å². The van der Waals surface area contributed by atoms with E-state index < -0.39 is 0 Å². The second kappa shape index (κ2) is 5.32. The molecule has 1 N–H and O–H groups in total. The lowest BCUT2D eigenvalue weighted by Gasteiger charge is -2.03. The summed E-state index contributed by atoms with van der Waals surface area (Å²) in [7, 11) is 1.96. The van der Waals surface area contributed by atoms with Crippen LogP contribution in [0, 0.1) is 6.92 Å². The Morgan fingerprint density at radius 1 is 1.43 bits per heavy atom. The third kappa shape index (κ3) is 3.28. The van der Waals surface area contributed by atoms with Crippen molar-refractivity contribution in [2.75, 3.05) is 7.05 Å². The van der Waals surface area contributed by atoms with Crippen LogP contribution in [-0.4, -0.2) is 13.1 Å². The maximum absolute atomic E-state index is 3.49. The van der Waals surface area contributed by atoms with E-state index in [0.717, 1.165) is 4.47 Å².